The monoisotopic (exact) mass is 322 g/mol. The summed E-state index contributed by atoms with van der Waals surface area (Å²) in [6.07, 6.45) is 0.478. The minimum absolute atomic E-state index is 0.0243. The number of carbonyl (C=O) groups is 1. The van der Waals surface area contributed by atoms with Gasteiger partial charge in [-0.1, -0.05) is 0 Å². The molecule has 22 heavy (non-hydrogen) atoms. The first-order valence-electron chi connectivity index (χ1n) is 7.04. The van der Waals surface area contributed by atoms with Crippen molar-refractivity contribution in [1.29, 1.82) is 0 Å². The van der Waals surface area contributed by atoms with Crippen molar-refractivity contribution in [3.8, 4) is 5.75 Å². The third-order valence-electron chi connectivity index (χ3n) is 4.05. The van der Waals surface area contributed by atoms with Gasteiger partial charge in [0.05, 0.1) is 18.6 Å². The number of fused-ring (bicyclic) bond motifs is 1. The van der Waals surface area contributed by atoms with Gasteiger partial charge in [-0.25, -0.2) is 8.42 Å². The van der Waals surface area contributed by atoms with E-state index in [1.165, 1.54) is 0 Å². The number of hydrogen-bond acceptors (Lipinski definition) is 4. The molecule has 1 saturated heterocycles. The van der Waals surface area contributed by atoms with Gasteiger partial charge in [0, 0.05) is 24.0 Å². The Hall–Kier alpha value is -2.02. The molecule has 7 heteroatoms. The third kappa shape index (κ3) is 2.68. The van der Waals surface area contributed by atoms with E-state index in [1.54, 1.807) is 17.7 Å². The van der Waals surface area contributed by atoms with Gasteiger partial charge in [-0.05, 0) is 30.7 Å². The Bertz CT molecular complexity index is 839. The second-order valence-electron chi connectivity index (χ2n) is 5.59. The second kappa shape index (κ2) is 5.31. The zero-order chi connectivity index (χ0) is 15.9. The number of carbonyl (C=O) groups excluding carboxylic acids is 1. The number of rotatable bonds is 3. The number of nitrogens with one attached hydrogen (secondary N) is 1. The number of hydrogen-bond donors (Lipinski definition) is 1. The molecule has 2 aromatic rings. The molecule has 1 fully saturated rings. The van der Waals surface area contributed by atoms with E-state index in [4.69, 9.17) is 4.74 Å². The van der Waals surface area contributed by atoms with Crippen LogP contribution in [0.25, 0.3) is 10.9 Å². The van der Waals surface area contributed by atoms with Crippen LogP contribution in [0, 0.1) is 0 Å². The Morgan fingerprint density at radius 1 is 1.36 bits per heavy atom. The fourth-order valence-electron chi connectivity index (χ4n) is 2.84. The average Bonchev–Trinajstić information content (AvgIpc) is 2.98. The van der Waals surface area contributed by atoms with Gasteiger partial charge in [0.2, 0.25) is 0 Å². The number of aryl methyl sites for hydroxylation is 1. The van der Waals surface area contributed by atoms with Crippen molar-refractivity contribution in [3.63, 3.8) is 0 Å². The summed E-state index contributed by atoms with van der Waals surface area (Å²) in [5, 5.41) is 3.72. The topological polar surface area (TPSA) is 77.4 Å². The van der Waals surface area contributed by atoms with E-state index < -0.39 is 9.84 Å². The molecule has 1 N–H and O–H groups in total. The summed E-state index contributed by atoms with van der Waals surface area (Å²) in [4.78, 5) is 12.4. The van der Waals surface area contributed by atoms with Crippen LogP contribution < -0.4 is 10.1 Å². The lowest BCUT2D eigenvalue weighted by molar-refractivity contribution is 0.0933. The molecule has 3 rings (SSSR count). The molecule has 1 aliphatic rings. The van der Waals surface area contributed by atoms with E-state index in [0.717, 1.165) is 16.7 Å². The van der Waals surface area contributed by atoms with Crippen molar-refractivity contribution >= 4 is 26.6 Å². The number of amides is 1. The van der Waals surface area contributed by atoms with Crippen molar-refractivity contribution in [2.45, 2.75) is 12.5 Å². The lowest BCUT2D eigenvalue weighted by Gasteiger charge is -2.11. The van der Waals surface area contributed by atoms with Crippen molar-refractivity contribution in [2.24, 2.45) is 7.05 Å². The van der Waals surface area contributed by atoms with Gasteiger partial charge in [0.15, 0.2) is 9.84 Å². The third-order valence-corrected chi connectivity index (χ3v) is 5.82. The molecule has 6 nitrogen and oxygen atoms in total. The summed E-state index contributed by atoms with van der Waals surface area (Å²) in [6.45, 7) is 0. The maximum absolute atomic E-state index is 12.4. The molecular formula is C15H18N2O4S. The van der Waals surface area contributed by atoms with Crippen LogP contribution in [0.4, 0.5) is 0 Å². The molecular weight excluding hydrogens is 304 g/mol. The Kier molecular flexibility index (Phi) is 3.60. The quantitative estimate of drug-likeness (QED) is 0.918. The highest BCUT2D eigenvalue weighted by atomic mass is 32.2. The molecule has 1 aliphatic heterocycles. The molecule has 2 heterocycles. The summed E-state index contributed by atoms with van der Waals surface area (Å²) < 4.78 is 29.9. The molecule has 1 unspecified atom stereocenters. The van der Waals surface area contributed by atoms with Crippen LogP contribution in [-0.4, -0.2) is 43.5 Å². The van der Waals surface area contributed by atoms with Crippen LogP contribution in [0.3, 0.4) is 0 Å². The molecule has 0 saturated carbocycles. The molecule has 118 valence electrons. The van der Waals surface area contributed by atoms with E-state index in [2.05, 4.69) is 5.32 Å². The Labute approximate surface area is 129 Å². The zero-order valence-electron chi connectivity index (χ0n) is 12.5. The highest BCUT2D eigenvalue weighted by Gasteiger charge is 2.29. The van der Waals surface area contributed by atoms with Gasteiger partial charge in [-0.15, -0.1) is 0 Å². The molecule has 1 amide bonds. The van der Waals surface area contributed by atoms with Crippen LogP contribution in [0.5, 0.6) is 5.75 Å². The van der Waals surface area contributed by atoms with Gasteiger partial charge in [-0.2, -0.15) is 0 Å². The Balaban J connectivity index is 1.86. The molecule has 0 radical (unpaired) electrons. The predicted octanol–water partition coefficient (Wildman–Crippen LogP) is 1.10. The van der Waals surface area contributed by atoms with Crippen LogP contribution >= 0.6 is 0 Å². The van der Waals surface area contributed by atoms with Gasteiger partial charge >= 0.3 is 0 Å². The number of nitrogens with zero attached hydrogens (tertiary/aromatic N) is 1. The summed E-state index contributed by atoms with van der Waals surface area (Å²) in [6, 6.07) is 7.09. The van der Waals surface area contributed by atoms with Gasteiger partial charge in [0.25, 0.3) is 5.91 Å². The Morgan fingerprint density at radius 3 is 2.77 bits per heavy atom. The lowest BCUT2D eigenvalue weighted by atomic mass is 10.2. The zero-order valence-corrected chi connectivity index (χ0v) is 13.3. The van der Waals surface area contributed by atoms with E-state index in [-0.39, 0.29) is 23.5 Å². The standard InChI is InChI=1S/C15H18N2O4S/c1-17-13-4-3-12(21-2)7-10(13)8-14(17)15(18)16-11-5-6-22(19,20)9-11/h3-4,7-8,11H,5-6,9H2,1-2H3,(H,16,18). The largest absolute Gasteiger partial charge is 0.497 e. The van der Waals surface area contributed by atoms with Gasteiger partial charge < -0.3 is 14.6 Å². The van der Waals surface area contributed by atoms with Gasteiger partial charge in [-0.3, -0.25) is 4.79 Å². The lowest BCUT2D eigenvalue weighted by Crippen LogP contribution is -2.36. The molecule has 1 aromatic heterocycles. The fraction of sp³-hybridized carbons (Fsp3) is 0.400. The van der Waals surface area contributed by atoms with Gasteiger partial charge in [0.1, 0.15) is 11.4 Å². The minimum atomic E-state index is -3.01. The highest BCUT2D eigenvalue weighted by molar-refractivity contribution is 7.91. The molecule has 0 aliphatic carbocycles. The SMILES string of the molecule is COc1ccc2c(c1)cc(C(=O)NC1CCS(=O)(=O)C1)n2C. The first-order chi connectivity index (χ1) is 10.4. The summed E-state index contributed by atoms with van der Waals surface area (Å²) in [5.74, 6) is 0.646. The summed E-state index contributed by atoms with van der Waals surface area (Å²) >= 11 is 0. The number of sulfone groups is 1. The van der Waals surface area contributed by atoms with Crippen LogP contribution in [-0.2, 0) is 16.9 Å². The maximum atomic E-state index is 12.4. The number of aromatic nitrogens is 1. The first kappa shape index (κ1) is 14.9. The van der Waals surface area contributed by atoms with Crippen molar-refractivity contribution in [2.75, 3.05) is 18.6 Å². The van der Waals surface area contributed by atoms with Crippen LogP contribution in [0.1, 0.15) is 16.9 Å². The normalized spacial score (nSPS) is 20.2. The van der Waals surface area contributed by atoms with E-state index in [9.17, 15) is 13.2 Å². The van der Waals surface area contributed by atoms with E-state index >= 15 is 0 Å². The average molecular weight is 322 g/mol. The number of ether oxygens (including phenoxy) is 1. The van der Waals surface area contributed by atoms with E-state index in [1.807, 2.05) is 25.2 Å². The number of methoxy groups -OCH3 is 1. The highest BCUT2D eigenvalue weighted by Crippen LogP contribution is 2.24. The van der Waals surface area contributed by atoms with E-state index in [0.29, 0.717) is 12.1 Å². The molecule has 1 aromatic carbocycles. The first-order valence-corrected chi connectivity index (χ1v) is 8.86. The maximum Gasteiger partial charge on any atom is 0.268 e. The second-order valence-corrected chi connectivity index (χ2v) is 7.82. The fourth-order valence-corrected chi connectivity index (χ4v) is 4.51. The molecule has 0 spiro atoms. The van der Waals surface area contributed by atoms with Crippen LogP contribution in [0.15, 0.2) is 24.3 Å². The Morgan fingerprint density at radius 2 is 2.14 bits per heavy atom. The van der Waals surface area contributed by atoms with Crippen molar-refractivity contribution in [1.82, 2.24) is 9.88 Å². The molecule has 0 bridgehead atoms. The van der Waals surface area contributed by atoms with Crippen molar-refractivity contribution in [3.05, 3.63) is 30.0 Å². The summed E-state index contributed by atoms with van der Waals surface area (Å²) in [7, 11) is 0.405. The summed E-state index contributed by atoms with van der Waals surface area (Å²) in [5.41, 5.74) is 1.43. The number of benzene rings is 1. The minimum Gasteiger partial charge on any atom is -0.497 e. The van der Waals surface area contributed by atoms with Crippen LogP contribution in [0.2, 0.25) is 0 Å². The molecule has 1 atom stereocenters. The predicted molar refractivity (Wildman–Crippen MR) is 84.0 cm³/mol. The smallest absolute Gasteiger partial charge is 0.268 e. The van der Waals surface area contributed by atoms with Crippen molar-refractivity contribution < 1.29 is 17.9 Å².